The van der Waals surface area contributed by atoms with E-state index in [0.717, 1.165) is 0 Å². The predicted octanol–water partition coefficient (Wildman–Crippen LogP) is 1.59. The van der Waals surface area contributed by atoms with Crippen molar-refractivity contribution in [3.05, 3.63) is 30.3 Å². The minimum Gasteiger partial charge on any atom is -0.273 e. The van der Waals surface area contributed by atoms with Crippen molar-refractivity contribution >= 4 is 17.5 Å². The Morgan fingerprint density at radius 1 is 1.00 bits per heavy atom. The zero-order valence-electron chi connectivity index (χ0n) is 8.15. The molecule has 2 amide bonds. The highest BCUT2D eigenvalue weighted by Gasteiger charge is 2.54. The fourth-order valence-corrected chi connectivity index (χ4v) is 1.50. The van der Waals surface area contributed by atoms with E-state index in [1.54, 1.807) is 38.1 Å². The van der Waals surface area contributed by atoms with E-state index >= 15 is 0 Å². The maximum absolute atomic E-state index is 11.6. The Bertz CT molecular complexity index is 377. The molecule has 0 saturated carbocycles. The van der Waals surface area contributed by atoms with E-state index < -0.39 is 5.41 Å². The lowest BCUT2D eigenvalue weighted by Crippen LogP contribution is -2.63. The van der Waals surface area contributed by atoms with Crippen molar-refractivity contribution in [3.63, 3.8) is 0 Å². The third-order valence-corrected chi connectivity index (χ3v) is 2.49. The Kier molecular flexibility index (Phi) is 1.71. The monoisotopic (exact) mass is 189 g/mol. The fraction of sp³-hybridized carbons (Fsp3) is 0.273. The first kappa shape index (κ1) is 8.94. The van der Waals surface area contributed by atoms with Gasteiger partial charge < -0.3 is 0 Å². The molecule has 1 aliphatic rings. The van der Waals surface area contributed by atoms with Crippen LogP contribution in [0.15, 0.2) is 30.3 Å². The van der Waals surface area contributed by atoms with E-state index in [4.69, 9.17) is 0 Å². The number of amides is 2. The number of hydrogen-bond donors (Lipinski definition) is 0. The summed E-state index contributed by atoms with van der Waals surface area (Å²) in [5.74, 6) is -0.262. The average molecular weight is 189 g/mol. The highest BCUT2D eigenvalue weighted by atomic mass is 16.2. The third-order valence-electron chi connectivity index (χ3n) is 2.49. The summed E-state index contributed by atoms with van der Waals surface area (Å²) >= 11 is 0. The van der Waals surface area contributed by atoms with Gasteiger partial charge in [-0.2, -0.15) is 0 Å². The first-order valence-corrected chi connectivity index (χ1v) is 4.49. The van der Waals surface area contributed by atoms with Gasteiger partial charge in [0.2, 0.25) is 11.8 Å². The van der Waals surface area contributed by atoms with Gasteiger partial charge in [0.15, 0.2) is 0 Å². The number of carbonyl (C=O) groups excluding carboxylic acids is 2. The number of nitrogens with zero attached hydrogens (tertiary/aromatic N) is 1. The molecule has 2 rings (SSSR count). The molecule has 1 fully saturated rings. The SMILES string of the molecule is CC1(C)C(=O)N(c2ccccc2)C1=O. The summed E-state index contributed by atoms with van der Waals surface area (Å²) in [6, 6.07) is 8.97. The Morgan fingerprint density at radius 3 is 2.00 bits per heavy atom. The third kappa shape index (κ3) is 0.985. The summed E-state index contributed by atoms with van der Waals surface area (Å²) in [6.07, 6.45) is 0. The van der Waals surface area contributed by atoms with Gasteiger partial charge in [-0.3, -0.25) is 9.59 Å². The molecule has 1 saturated heterocycles. The van der Waals surface area contributed by atoms with Gasteiger partial charge in [-0.15, -0.1) is 0 Å². The van der Waals surface area contributed by atoms with Gasteiger partial charge >= 0.3 is 0 Å². The second-order valence-electron chi connectivity index (χ2n) is 3.91. The van der Waals surface area contributed by atoms with E-state index in [1.165, 1.54) is 4.90 Å². The number of hydrogen-bond acceptors (Lipinski definition) is 2. The lowest BCUT2D eigenvalue weighted by Gasteiger charge is -2.41. The highest BCUT2D eigenvalue weighted by Crippen LogP contribution is 2.36. The van der Waals surface area contributed by atoms with Crippen LogP contribution < -0.4 is 4.90 Å². The van der Waals surface area contributed by atoms with Crippen molar-refractivity contribution in [1.29, 1.82) is 0 Å². The molecule has 0 aliphatic carbocycles. The van der Waals surface area contributed by atoms with Crippen LogP contribution in [0.2, 0.25) is 0 Å². The largest absolute Gasteiger partial charge is 0.273 e. The van der Waals surface area contributed by atoms with Crippen LogP contribution in [-0.2, 0) is 9.59 Å². The van der Waals surface area contributed by atoms with Crippen molar-refractivity contribution in [2.45, 2.75) is 13.8 Å². The van der Waals surface area contributed by atoms with Gasteiger partial charge in [0.1, 0.15) is 5.41 Å². The molecular weight excluding hydrogens is 178 g/mol. The number of imide groups is 1. The van der Waals surface area contributed by atoms with E-state index in [9.17, 15) is 9.59 Å². The van der Waals surface area contributed by atoms with Gasteiger partial charge in [-0.1, -0.05) is 18.2 Å². The normalized spacial score (nSPS) is 19.4. The van der Waals surface area contributed by atoms with Gasteiger partial charge in [-0.05, 0) is 26.0 Å². The van der Waals surface area contributed by atoms with Crippen LogP contribution in [-0.4, -0.2) is 11.8 Å². The van der Waals surface area contributed by atoms with Crippen LogP contribution >= 0.6 is 0 Å². The van der Waals surface area contributed by atoms with Crippen LogP contribution in [0.5, 0.6) is 0 Å². The van der Waals surface area contributed by atoms with Crippen LogP contribution in [0.1, 0.15) is 13.8 Å². The highest BCUT2D eigenvalue weighted by molar-refractivity contribution is 6.35. The quantitative estimate of drug-likeness (QED) is 0.497. The molecule has 1 aromatic carbocycles. The summed E-state index contributed by atoms with van der Waals surface area (Å²) < 4.78 is 0. The zero-order valence-corrected chi connectivity index (χ0v) is 8.15. The summed E-state index contributed by atoms with van der Waals surface area (Å²) in [4.78, 5) is 24.4. The molecule has 72 valence electrons. The second kappa shape index (κ2) is 2.67. The maximum atomic E-state index is 11.6. The maximum Gasteiger partial charge on any atom is 0.248 e. The molecular formula is C11H11NO2. The summed E-state index contributed by atoms with van der Waals surface area (Å²) in [6.45, 7) is 3.30. The zero-order chi connectivity index (χ0) is 10.3. The molecule has 0 N–H and O–H groups in total. The molecule has 1 aliphatic heterocycles. The average Bonchev–Trinajstić information content (AvgIpc) is 2.20. The summed E-state index contributed by atoms with van der Waals surface area (Å²) in [5.41, 5.74) is -0.183. The van der Waals surface area contributed by atoms with Gasteiger partial charge in [0, 0.05) is 0 Å². The Hall–Kier alpha value is -1.64. The number of anilines is 1. The molecule has 1 aromatic rings. The summed E-state index contributed by atoms with van der Waals surface area (Å²) in [5, 5.41) is 0. The Labute approximate surface area is 82.3 Å². The minimum absolute atomic E-state index is 0.131. The molecule has 3 heteroatoms. The first-order valence-electron chi connectivity index (χ1n) is 4.49. The van der Waals surface area contributed by atoms with Crippen molar-refractivity contribution < 1.29 is 9.59 Å². The molecule has 0 atom stereocenters. The van der Waals surface area contributed by atoms with Crippen LogP contribution in [0, 0.1) is 5.41 Å². The standard InChI is InChI=1S/C11H11NO2/c1-11(2)9(13)12(10(11)14)8-6-4-3-5-7-8/h3-7H,1-2H3. The molecule has 0 aromatic heterocycles. The number of benzene rings is 1. The molecule has 1 heterocycles. The summed E-state index contributed by atoms with van der Waals surface area (Å²) in [7, 11) is 0. The predicted molar refractivity (Wildman–Crippen MR) is 52.7 cm³/mol. The molecule has 0 bridgehead atoms. The number of carbonyl (C=O) groups is 2. The smallest absolute Gasteiger partial charge is 0.248 e. The van der Waals surface area contributed by atoms with Gasteiger partial charge in [0.25, 0.3) is 0 Å². The Morgan fingerprint density at radius 2 is 1.50 bits per heavy atom. The second-order valence-corrected chi connectivity index (χ2v) is 3.91. The van der Waals surface area contributed by atoms with Gasteiger partial charge in [-0.25, -0.2) is 4.90 Å². The van der Waals surface area contributed by atoms with E-state index in [-0.39, 0.29) is 11.8 Å². The lowest BCUT2D eigenvalue weighted by molar-refractivity contribution is -0.149. The lowest BCUT2D eigenvalue weighted by atomic mass is 9.81. The van der Waals surface area contributed by atoms with Crippen molar-refractivity contribution in [3.8, 4) is 0 Å². The van der Waals surface area contributed by atoms with Crippen molar-refractivity contribution in [1.82, 2.24) is 0 Å². The molecule has 14 heavy (non-hydrogen) atoms. The molecule has 3 nitrogen and oxygen atoms in total. The number of β-lactam (4-membered cyclic amide) rings is 2. The molecule has 0 unspecified atom stereocenters. The van der Waals surface area contributed by atoms with Crippen molar-refractivity contribution in [2.24, 2.45) is 5.41 Å². The van der Waals surface area contributed by atoms with E-state index in [0.29, 0.717) is 5.69 Å². The van der Waals surface area contributed by atoms with E-state index in [2.05, 4.69) is 0 Å². The van der Waals surface area contributed by atoms with Crippen molar-refractivity contribution in [2.75, 3.05) is 4.90 Å². The molecule has 0 radical (unpaired) electrons. The minimum atomic E-state index is -0.837. The fourth-order valence-electron chi connectivity index (χ4n) is 1.50. The number of para-hydroxylation sites is 1. The topological polar surface area (TPSA) is 37.4 Å². The number of rotatable bonds is 1. The van der Waals surface area contributed by atoms with Gasteiger partial charge in [0.05, 0.1) is 5.69 Å². The van der Waals surface area contributed by atoms with Crippen LogP contribution in [0.4, 0.5) is 5.69 Å². The van der Waals surface area contributed by atoms with E-state index in [1.807, 2.05) is 6.07 Å². The van der Waals surface area contributed by atoms with Crippen LogP contribution in [0.25, 0.3) is 0 Å². The Balaban J connectivity index is 2.33. The van der Waals surface area contributed by atoms with Crippen LogP contribution in [0.3, 0.4) is 0 Å². The first-order chi connectivity index (χ1) is 6.55. The molecule has 0 spiro atoms.